The normalized spacial score (nSPS) is 17.9. The first-order valence-corrected chi connectivity index (χ1v) is 6.93. The zero-order valence-electron chi connectivity index (χ0n) is 11.0. The van der Waals surface area contributed by atoms with Crippen molar-refractivity contribution in [2.45, 2.75) is 25.8 Å². The number of carbonyl (C=O) groups is 1. The summed E-state index contributed by atoms with van der Waals surface area (Å²) in [6, 6.07) is 0. The van der Waals surface area contributed by atoms with Crippen molar-refractivity contribution >= 4 is 11.6 Å². The number of hydrogen-bond donors (Lipinski definition) is 1. The third kappa shape index (κ3) is 1.97. The first kappa shape index (κ1) is 11.6. The Hall–Kier alpha value is -2.24. The number of imidazole rings is 1. The van der Waals surface area contributed by atoms with E-state index in [9.17, 15) is 4.79 Å². The van der Waals surface area contributed by atoms with E-state index in [0.29, 0.717) is 5.69 Å². The van der Waals surface area contributed by atoms with Crippen LogP contribution >= 0.6 is 0 Å². The molecule has 4 rings (SSSR count). The van der Waals surface area contributed by atoms with E-state index in [2.05, 4.69) is 24.8 Å². The van der Waals surface area contributed by atoms with Crippen molar-refractivity contribution in [2.24, 2.45) is 5.92 Å². The fraction of sp³-hybridized carbons (Fsp3) is 0.429. The Kier molecular flexibility index (Phi) is 2.55. The van der Waals surface area contributed by atoms with Crippen LogP contribution in [0.25, 0.3) is 0 Å². The number of aromatic amines is 1. The molecule has 0 amide bonds. The van der Waals surface area contributed by atoms with Gasteiger partial charge in [-0.2, -0.15) is 0 Å². The summed E-state index contributed by atoms with van der Waals surface area (Å²) in [5.41, 5.74) is 2.77. The highest BCUT2D eigenvalue weighted by atomic mass is 16.1. The number of aromatic nitrogens is 4. The molecule has 6 heteroatoms. The number of nitrogens with one attached hydrogen (secondary N) is 1. The molecule has 1 aliphatic heterocycles. The zero-order chi connectivity index (χ0) is 13.5. The van der Waals surface area contributed by atoms with E-state index >= 15 is 0 Å². The largest absolute Gasteiger partial charge is 0.349 e. The van der Waals surface area contributed by atoms with E-state index in [1.54, 1.807) is 18.7 Å². The minimum atomic E-state index is 0.138. The molecular formula is C14H15N5O. The van der Waals surface area contributed by atoms with Crippen LogP contribution in [0.1, 0.15) is 34.7 Å². The maximum Gasteiger partial charge on any atom is 0.185 e. The Morgan fingerprint density at radius 3 is 2.90 bits per heavy atom. The van der Waals surface area contributed by atoms with Crippen LogP contribution in [-0.2, 0) is 13.0 Å². The minimum absolute atomic E-state index is 0.138. The number of fused-ring (bicyclic) bond motifs is 1. The van der Waals surface area contributed by atoms with E-state index in [-0.39, 0.29) is 11.7 Å². The second-order valence-electron chi connectivity index (χ2n) is 5.40. The van der Waals surface area contributed by atoms with Crippen molar-refractivity contribution in [3.05, 3.63) is 35.8 Å². The molecule has 1 fully saturated rings. The predicted molar refractivity (Wildman–Crippen MR) is 72.4 cm³/mol. The highest BCUT2D eigenvalue weighted by molar-refractivity contribution is 5.97. The lowest BCUT2D eigenvalue weighted by Crippen LogP contribution is -2.31. The van der Waals surface area contributed by atoms with Crippen LogP contribution in [0.4, 0.5) is 5.82 Å². The van der Waals surface area contributed by atoms with E-state index in [0.717, 1.165) is 49.6 Å². The first-order chi connectivity index (χ1) is 9.81. The SMILES string of the molecule is O=C(c1cnc(N2CCc3nc[nH]c3C2)cn1)C1CC1. The average molecular weight is 269 g/mol. The number of anilines is 1. The molecular weight excluding hydrogens is 254 g/mol. The predicted octanol–water partition coefficient (Wildman–Crippen LogP) is 1.36. The van der Waals surface area contributed by atoms with Crippen molar-refractivity contribution in [1.82, 2.24) is 19.9 Å². The van der Waals surface area contributed by atoms with Gasteiger partial charge in [0.2, 0.25) is 0 Å². The lowest BCUT2D eigenvalue weighted by Gasteiger charge is -2.26. The van der Waals surface area contributed by atoms with Gasteiger partial charge in [-0.25, -0.2) is 15.0 Å². The number of H-pyrrole nitrogens is 1. The Bertz CT molecular complexity index is 644. The number of nitrogens with zero attached hydrogens (tertiary/aromatic N) is 4. The fourth-order valence-electron chi connectivity index (χ4n) is 2.57. The summed E-state index contributed by atoms with van der Waals surface area (Å²) in [5, 5.41) is 0. The van der Waals surface area contributed by atoms with Gasteiger partial charge in [-0.3, -0.25) is 4.79 Å². The molecule has 0 spiro atoms. The van der Waals surface area contributed by atoms with Crippen LogP contribution in [0.2, 0.25) is 0 Å². The van der Waals surface area contributed by atoms with Crippen LogP contribution < -0.4 is 4.90 Å². The molecule has 2 aromatic heterocycles. The Labute approximate surface area is 116 Å². The highest BCUT2D eigenvalue weighted by Crippen LogP contribution is 2.32. The Balaban J connectivity index is 1.53. The molecule has 20 heavy (non-hydrogen) atoms. The highest BCUT2D eigenvalue weighted by Gasteiger charge is 2.31. The standard InChI is InChI=1S/C14H15N5O/c20-14(9-1-2-9)11-5-16-13(6-15-11)19-4-3-10-12(7-19)18-8-17-10/h5-6,8-9H,1-4,7H2,(H,17,18). The Morgan fingerprint density at radius 2 is 2.15 bits per heavy atom. The molecule has 3 heterocycles. The molecule has 1 aliphatic carbocycles. The van der Waals surface area contributed by atoms with Crippen LogP contribution in [0.15, 0.2) is 18.7 Å². The second-order valence-corrected chi connectivity index (χ2v) is 5.40. The summed E-state index contributed by atoms with van der Waals surface area (Å²) in [6.07, 6.45) is 7.95. The summed E-state index contributed by atoms with van der Waals surface area (Å²) in [4.78, 5) is 30.2. The van der Waals surface area contributed by atoms with Gasteiger partial charge in [0.05, 0.1) is 36.7 Å². The maximum atomic E-state index is 11.9. The second kappa shape index (κ2) is 4.40. The molecule has 0 aromatic carbocycles. The van der Waals surface area contributed by atoms with E-state index < -0.39 is 0 Å². The van der Waals surface area contributed by atoms with Crippen LogP contribution in [0, 0.1) is 5.92 Å². The summed E-state index contributed by atoms with van der Waals surface area (Å²) in [6.45, 7) is 1.64. The van der Waals surface area contributed by atoms with Gasteiger partial charge >= 0.3 is 0 Å². The molecule has 0 atom stereocenters. The van der Waals surface area contributed by atoms with Crippen molar-refractivity contribution in [3.8, 4) is 0 Å². The van der Waals surface area contributed by atoms with Crippen molar-refractivity contribution in [3.63, 3.8) is 0 Å². The van der Waals surface area contributed by atoms with Gasteiger partial charge in [0, 0.05) is 18.9 Å². The molecule has 0 radical (unpaired) electrons. The zero-order valence-corrected chi connectivity index (χ0v) is 11.0. The lowest BCUT2D eigenvalue weighted by atomic mass is 10.1. The van der Waals surface area contributed by atoms with E-state index in [1.165, 1.54) is 0 Å². The van der Waals surface area contributed by atoms with Gasteiger partial charge in [-0.15, -0.1) is 0 Å². The summed E-state index contributed by atoms with van der Waals surface area (Å²) >= 11 is 0. The summed E-state index contributed by atoms with van der Waals surface area (Å²) < 4.78 is 0. The Morgan fingerprint density at radius 1 is 1.25 bits per heavy atom. The molecule has 1 N–H and O–H groups in total. The van der Waals surface area contributed by atoms with Gasteiger partial charge < -0.3 is 9.88 Å². The summed E-state index contributed by atoms with van der Waals surface area (Å²) in [7, 11) is 0. The molecule has 102 valence electrons. The van der Waals surface area contributed by atoms with Gasteiger partial charge in [0.25, 0.3) is 0 Å². The molecule has 2 aliphatic rings. The third-order valence-electron chi connectivity index (χ3n) is 3.94. The van der Waals surface area contributed by atoms with Gasteiger partial charge in [-0.05, 0) is 12.8 Å². The topological polar surface area (TPSA) is 74.8 Å². The van der Waals surface area contributed by atoms with E-state index in [4.69, 9.17) is 0 Å². The lowest BCUT2D eigenvalue weighted by molar-refractivity contribution is 0.0962. The number of rotatable bonds is 3. The van der Waals surface area contributed by atoms with Gasteiger partial charge in [0.15, 0.2) is 5.78 Å². The van der Waals surface area contributed by atoms with Crippen molar-refractivity contribution in [2.75, 3.05) is 11.4 Å². The molecule has 0 bridgehead atoms. The number of hydrogen-bond acceptors (Lipinski definition) is 5. The summed E-state index contributed by atoms with van der Waals surface area (Å²) in [5.74, 6) is 1.15. The first-order valence-electron chi connectivity index (χ1n) is 6.93. The van der Waals surface area contributed by atoms with Gasteiger partial charge in [-0.1, -0.05) is 0 Å². The molecule has 1 saturated carbocycles. The monoisotopic (exact) mass is 269 g/mol. The smallest absolute Gasteiger partial charge is 0.185 e. The quantitative estimate of drug-likeness (QED) is 0.851. The molecule has 6 nitrogen and oxygen atoms in total. The van der Waals surface area contributed by atoms with Crippen LogP contribution in [-0.4, -0.2) is 32.3 Å². The third-order valence-corrected chi connectivity index (χ3v) is 3.94. The van der Waals surface area contributed by atoms with E-state index in [1.807, 2.05) is 0 Å². The number of carbonyl (C=O) groups excluding carboxylic acids is 1. The van der Waals surface area contributed by atoms with Gasteiger partial charge in [0.1, 0.15) is 11.5 Å². The van der Waals surface area contributed by atoms with Crippen molar-refractivity contribution < 1.29 is 4.79 Å². The van der Waals surface area contributed by atoms with Crippen LogP contribution in [0.3, 0.4) is 0 Å². The minimum Gasteiger partial charge on any atom is -0.349 e. The molecule has 2 aromatic rings. The van der Waals surface area contributed by atoms with Crippen molar-refractivity contribution in [1.29, 1.82) is 0 Å². The fourth-order valence-corrected chi connectivity index (χ4v) is 2.57. The van der Waals surface area contributed by atoms with Crippen LogP contribution in [0.5, 0.6) is 0 Å². The molecule has 0 unspecified atom stereocenters. The number of ketones is 1. The molecule has 0 saturated heterocycles. The number of Topliss-reactive ketones (excluding diaryl/α,β-unsaturated/α-hetero) is 1. The maximum absolute atomic E-state index is 11.9. The average Bonchev–Trinajstić information content (AvgIpc) is 3.24.